The van der Waals surface area contributed by atoms with E-state index in [0.717, 1.165) is 31.2 Å². The molecule has 0 N–H and O–H groups in total. The van der Waals surface area contributed by atoms with Crippen LogP contribution < -0.4 is 5.49 Å². The van der Waals surface area contributed by atoms with Crippen LogP contribution in [0.5, 0.6) is 0 Å². The number of hydrogen-bond acceptors (Lipinski definition) is 4. The summed E-state index contributed by atoms with van der Waals surface area (Å²) in [7, 11) is -3.47. The zero-order valence-electron chi connectivity index (χ0n) is 17.6. The molecule has 1 aromatic heterocycles. The Morgan fingerprint density at radius 3 is 2.30 bits per heavy atom. The van der Waals surface area contributed by atoms with Gasteiger partial charge >= 0.3 is 0 Å². The van der Waals surface area contributed by atoms with Crippen molar-refractivity contribution in [3.8, 4) is 0 Å². The lowest BCUT2D eigenvalue weighted by Gasteiger charge is -2.19. The van der Waals surface area contributed by atoms with E-state index in [2.05, 4.69) is 4.99 Å². The number of nitrogens with zero attached hydrogens (tertiary/aromatic N) is 3. The largest absolute Gasteiger partial charge is 0.269 e. The van der Waals surface area contributed by atoms with E-state index in [1.54, 1.807) is 53.0 Å². The van der Waals surface area contributed by atoms with Crippen molar-refractivity contribution in [2.75, 3.05) is 13.1 Å². The fourth-order valence-corrected chi connectivity index (χ4v) is 4.94. The van der Waals surface area contributed by atoms with Gasteiger partial charge in [0.15, 0.2) is 0 Å². The van der Waals surface area contributed by atoms with Crippen LogP contribution in [0.2, 0.25) is 0 Å². The summed E-state index contributed by atoms with van der Waals surface area (Å²) in [5.41, 5.74) is 1.36. The number of carbonyl (C=O) groups is 1. The maximum Gasteiger partial charge on any atom is 0.256 e. The Hall–Kier alpha value is -2.51. The van der Waals surface area contributed by atoms with Crippen LogP contribution in [0.15, 0.2) is 64.6 Å². The quantitative estimate of drug-likeness (QED) is 0.683. The molecule has 1 aliphatic heterocycles. The second-order valence-corrected chi connectivity index (χ2v) is 9.65. The van der Waals surface area contributed by atoms with Crippen molar-refractivity contribution < 1.29 is 13.2 Å². The van der Waals surface area contributed by atoms with Crippen molar-refractivity contribution in [2.24, 2.45) is 4.99 Å². The van der Waals surface area contributed by atoms with Gasteiger partial charge in [-0.15, -0.1) is 0 Å². The molecule has 0 bridgehead atoms. The molecule has 0 radical (unpaired) electrons. The van der Waals surface area contributed by atoms with E-state index in [0.29, 0.717) is 23.5 Å². The summed E-state index contributed by atoms with van der Waals surface area (Å²) in [6.07, 6.45) is 8.81. The smallest absolute Gasteiger partial charge is 0.256 e. The SMILES string of the molecule is CC(C)N=c1ccccn1C(=O)/C=C/c1ccc(S(=O)(=O)N2CCCCCC2)cc1. The molecule has 0 aliphatic carbocycles. The number of carbonyl (C=O) groups excluding carboxylic acids is 1. The third-order valence-corrected chi connectivity index (χ3v) is 6.88. The number of hydrogen-bond donors (Lipinski definition) is 0. The van der Waals surface area contributed by atoms with Gasteiger partial charge in [0.05, 0.1) is 4.90 Å². The minimum atomic E-state index is -3.47. The second kappa shape index (κ2) is 10.00. The molecular formula is C23H29N3O3S. The molecule has 7 heteroatoms. The Bertz CT molecular complexity index is 1060. The number of allylic oxidation sites excluding steroid dienone is 1. The molecule has 0 amide bonds. The first-order valence-corrected chi connectivity index (χ1v) is 11.9. The zero-order valence-corrected chi connectivity index (χ0v) is 18.4. The van der Waals surface area contributed by atoms with E-state index in [1.165, 1.54) is 10.6 Å². The van der Waals surface area contributed by atoms with Gasteiger partial charge < -0.3 is 0 Å². The molecule has 0 saturated carbocycles. The number of aromatic nitrogens is 1. The first-order valence-electron chi connectivity index (χ1n) is 10.4. The Morgan fingerprint density at radius 1 is 1.00 bits per heavy atom. The van der Waals surface area contributed by atoms with E-state index in [1.807, 2.05) is 19.9 Å². The van der Waals surface area contributed by atoms with Crippen LogP contribution >= 0.6 is 0 Å². The van der Waals surface area contributed by atoms with Crippen molar-refractivity contribution in [3.05, 3.63) is 65.8 Å². The highest BCUT2D eigenvalue weighted by molar-refractivity contribution is 7.89. The van der Waals surface area contributed by atoms with E-state index in [4.69, 9.17) is 0 Å². The summed E-state index contributed by atoms with van der Waals surface area (Å²) in [6, 6.07) is 12.2. The van der Waals surface area contributed by atoms with Crippen LogP contribution in [0, 0.1) is 0 Å². The zero-order chi connectivity index (χ0) is 21.6. The summed E-state index contributed by atoms with van der Waals surface area (Å²) in [4.78, 5) is 17.4. The average molecular weight is 428 g/mol. The maximum absolute atomic E-state index is 12.9. The molecule has 3 rings (SSSR count). The summed E-state index contributed by atoms with van der Waals surface area (Å²) in [5, 5.41) is 0. The van der Waals surface area contributed by atoms with Gasteiger partial charge in [0.2, 0.25) is 10.0 Å². The van der Waals surface area contributed by atoms with Gasteiger partial charge in [-0.05, 0) is 62.6 Å². The fraction of sp³-hybridized carbons (Fsp3) is 0.391. The first kappa shape index (κ1) is 22.2. The van der Waals surface area contributed by atoms with Crippen LogP contribution in [0.1, 0.15) is 49.9 Å². The molecule has 2 heterocycles. The summed E-state index contributed by atoms with van der Waals surface area (Å²) >= 11 is 0. The van der Waals surface area contributed by atoms with Crippen LogP contribution in [0.4, 0.5) is 0 Å². The average Bonchev–Trinajstić information content (AvgIpc) is 3.02. The summed E-state index contributed by atoms with van der Waals surface area (Å²) in [6.45, 7) is 5.07. The van der Waals surface area contributed by atoms with Gasteiger partial charge in [0.1, 0.15) is 5.49 Å². The number of rotatable bonds is 5. The molecule has 6 nitrogen and oxygen atoms in total. The minimum Gasteiger partial charge on any atom is -0.269 e. The number of pyridine rings is 1. The Morgan fingerprint density at radius 2 is 1.67 bits per heavy atom. The summed E-state index contributed by atoms with van der Waals surface area (Å²) < 4.78 is 28.8. The highest BCUT2D eigenvalue weighted by Crippen LogP contribution is 2.21. The van der Waals surface area contributed by atoms with E-state index in [-0.39, 0.29) is 11.9 Å². The Kier molecular flexibility index (Phi) is 7.39. The van der Waals surface area contributed by atoms with Crippen molar-refractivity contribution in [2.45, 2.75) is 50.5 Å². The van der Waals surface area contributed by atoms with Crippen molar-refractivity contribution >= 4 is 22.0 Å². The molecule has 1 fully saturated rings. The molecule has 0 atom stereocenters. The molecule has 1 aliphatic rings. The maximum atomic E-state index is 12.9. The predicted octanol–water partition coefficient (Wildman–Crippen LogP) is 3.72. The predicted molar refractivity (Wildman–Crippen MR) is 118 cm³/mol. The molecule has 1 saturated heterocycles. The lowest BCUT2D eigenvalue weighted by atomic mass is 10.2. The van der Waals surface area contributed by atoms with Crippen LogP contribution in [0.3, 0.4) is 0 Å². The van der Waals surface area contributed by atoms with E-state index < -0.39 is 10.0 Å². The molecule has 160 valence electrons. The second-order valence-electron chi connectivity index (χ2n) is 7.71. The Balaban J connectivity index is 1.76. The van der Waals surface area contributed by atoms with Gasteiger partial charge in [0, 0.05) is 31.4 Å². The highest BCUT2D eigenvalue weighted by atomic mass is 32.2. The van der Waals surface area contributed by atoms with Crippen molar-refractivity contribution in [1.29, 1.82) is 0 Å². The van der Waals surface area contributed by atoms with E-state index in [9.17, 15) is 13.2 Å². The van der Waals surface area contributed by atoms with Gasteiger partial charge in [-0.3, -0.25) is 14.4 Å². The standard InChI is InChI=1S/C23H29N3O3S/c1-19(2)24-22-9-5-8-18-26(22)23(27)15-12-20-10-13-21(14-11-20)30(28,29)25-16-6-3-4-7-17-25/h5,8-15,18-19H,3-4,6-7,16-17H2,1-2H3/b15-12+,24-22?. The van der Waals surface area contributed by atoms with Gasteiger partial charge in [-0.2, -0.15) is 4.31 Å². The Labute approximate surface area is 178 Å². The number of sulfonamides is 1. The van der Waals surface area contributed by atoms with E-state index >= 15 is 0 Å². The topological polar surface area (TPSA) is 71.7 Å². The van der Waals surface area contributed by atoms with Gasteiger partial charge in [0.25, 0.3) is 5.91 Å². The third-order valence-electron chi connectivity index (χ3n) is 4.97. The highest BCUT2D eigenvalue weighted by Gasteiger charge is 2.24. The molecular weight excluding hydrogens is 398 g/mol. The lowest BCUT2D eigenvalue weighted by Crippen LogP contribution is -2.31. The lowest BCUT2D eigenvalue weighted by molar-refractivity contribution is 0.0964. The fourth-order valence-electron chi connectivity index (χ4n) is 3.42. The molecule has 1 aromatic carbocycles. The monoisotopic (exact) mass is 427 g/mol. The molecule has 30 heavy (non-hydrogen) atoms. The first-order chi connectivity index (χ1) is 14.4. The molecule has 0 spiro atoms. The molecule has 0 unspecified atom stereocenters. The molecule has 2 aromatic rings. The van der Waals surface area contributed by atoms with Crippen LogP contribution in [-0.2, 0) is 10.0 Å². The van der Waals surface area contributed by atoms with Crippen LogP contribution in [-0.4, -0.2) is 42.3 Å². The minimum absolute atomic E-state index is 0.0779. The van der Waals surface area contributed by atoms with Crippen LogP contribution in [0.25, 0.3) is 6.08 Å². The van der Waals surface area contributed by atoms with Crippen molar-refractivity contribution in [1.82, 2.24) is 8.87 Å². The van der Waals surface area contributed by atoms with Gasteiger partial charge in [-0.25, -0.2) is 8.42 Å². The number of benzene rings is 1. The third kappa shape index (κ3) is 5.55. The summed E-state index contributed by atoms with van der Waals surface area (Å²) in [5.74, 6) is -0.212. The van der Waals surface area contributed by atoms with Gasteiger partial charge in [-0.1, -0.05) is 31.0 Å². The normalized spacial score (nSPS) is 16.8. The van der Waals surface area contributed by atoms with Crippen molar-refractivity contribution in [3.63, 3.8) is 0 Å².